The molecule has 0 saturated carbocycles. The number of hydrogen-bond donors (Lipinski definition) is 1. The Morgan fingerprint density at radius 1 is 1.30 bits per heavy atom. The van der Waals surface area contributed by atoms with Gasteiger partial charge in [-0.15, -0.1) is 24.8 Å². The van der Waals surface area contributed by atoms with Gasteiger partial charge in [0.1, 0.15) is 0 Å². The van der Waals surface area contributed by atoms with Gasteiger partial charge in [-0.2, -0.15) is 0 Å². The van der Waals surface area contributed by atoms with Gasteiger partial charge in [0.25, 0.3) is 0 Å². The average molecular weight is 361 g/mol. The number of halogens is 2. The molecule has 1 saturated heterocycles. The second kappa shape index (κ2) is 11.9. The Kier molecular flexibility index (Phi) is 11.6. The van der Waals surface area contributed by atoms with Gasteiger partial charge in [-0.3, -0.25) is 4.90 Å². The van der Waals surface area contributed by atoms with Gasteiger partial charge in [-0.05, 0) is 23.5 Å². The van der Waals surface area contributed by atoms with Crippen LogP contribution >= 0.6 is 24.8 Å². The summed E-state index contributed by atoms with van der Waals surface area (Å²) in [6, 6.07) is 10.7. The van der Waals surface area contributed by atoms with Crippen LogP contribution in [0.15, 0.2) is 36.4 Å². The number of ether oxygens (including phenoxy) is 1. The zero-order valence-corrected chi connectivity index (χ0v) is 15.7. The zero-order valence-electron chi connectivity index (χ0n) is 14.1. The second-order valence-electron chi connectivity index (χ2n) is 6.19. The van der Waals surface area contributed by atoms with Crippen molar-refractivity contribution in [3.8, 4) is 0 Å². The van der Waals surface area contributed by atoms with E-state index in [9.17, 15) is 0 Å². The van der Waals surface area contributed by atoms with Crippen molar-refractivity contribution in [2.24, 2.45) is 11.7 Å². The van der Waals surface area contributed by atoms with Gasteiger partial charge in [-0.1, -0.05) is 50.3 Å². The lowest BCUT2D eigenvalue weighted by Crippen LogP contribution is -2.46. The molecule has 1 unspecified atom stereocenters. The first-order chi connectivity index (χ1) is 10.2. The summed E-state index contributed by atoms with van der Waals surface area (Å²) >= 11 is 0. The Hall–Kier alpha value is -0.580. The first kappa shape index (κ1) is 22.4. The van der Waals surface area contributed by atoms with Crippen molar-refractivity contribution in [1.82, 2.24) is 4.90 Å². The quantitative estimate of drug-likeness (QED) is 0.841. The van der Waals surface area contributed by atoms with Crippen LogP contribution in [0.4, 0.5) is 0 Å². The fourth-order valence-electron chi connectivity index (χ4n) is 2.61. The topological polar surface area (TPSA) is 38.5 Å². The minimum atomic E-state index is 0. The molecule has 132 valence electrons. The van der Waals surface area contributed by atoms with Crippen LogP contribution < -0.4 is 5.73 Å². The van der Waals surface area contributed by atoms with Crippen molar-refractivity contribution in [3.05, 3.63) is 42.0 Å². The number of nitrogens with zero attached hydrogens (tertiary/aromatic N) is 1. The van der Waals surface area contributed by atoms with Crippen molar-refractivity contribution < 1.29 is 4.74 Å². The molecule has 23 heavy (non-hydrogen) atoms. The highest BCUT2D eigenvalue weighted by Gasteiger charge is 2.20. The van der Waals surface area contributed by atoms with Crippen molar-refractivity contribution >= 4 is 30.4 Å². The number of benzene rings is 1. The molecular formula is C18H30Cl2N2O. The summed E-state index contributed by atoms with van der Waals surface area (Å²) in [5.74, 6) is 0.685. The van der Waals surface area contributed by atoms with Gasteiger partial charge < -0.3 is 10.5 Å². The van der Waals surface area contributed by atoms with Gasteiger partial charge in [0.15, 0.2) is 0 Å². The fourth-order valence-corrected chi connectivity index (χ4v) is 2.61. The van der Waals surface area contributed by atoms with Gasteiger partial charge >= 0.3 is 0 Å². The van der Waals surface area contributed by atoms with E-state index in [1.165, 1.54) is 11.1 Å². The van der Waals surface area contributed by atoms with Crippen LogP contribution in [-0.4, -0.2) is 43.8 Å². The van der Waals surface area contributed by atoms with Crippen LogP contribution in [0.25, 0.3) is 5.57 Å². The Morgan fingerprint density at radius 3 is 2.61 bits per heavy atom. The summed E-state index contributed by atoms with van der Waals surface area (Å²) < 4.78 is 5.66. The van der Waals surface area contributed by atoms with Crippen molar-refractivity contribution in [3.63, 3.8) is 0 Å². The average Bonchev–Trinajstić information content (AvgIpc) is 2.52. The molecule has 1 heterocycles. The van der Waals surface area contributed by atoms with Crippen molar-refractivity contribution in [2.45, 2.75) is 26.4 Å². The van der Waals surface area contributed by atoms with E-state index in [-0.39, 0.29) is 30.9 Å². The minimum Gasteiger partial charge on any atom is -0.374 e. The SMILES string of the molecule is CC(C)C/C=C(\CN1CCOC(CN)C1)c1ccccc1.Cl.Cl. The highest BCUT2D eigenvalue weighted by Crippen LogP contribution is 2.19. The monoisotopic (exact) mass is 360 g/mol. The maximum absolute atomic E-state index is 5.74. The number of allylic oxidation sites excluding steroid dienone is 1. The van der Waals surface area contributed by atoms with Crippen LogP contribution in [-0.2, 0) is 4.74 Å². The van der Waals surface area contributed by atoms with E-state index in [4.69, 9.17) is 10.5 Å². The third-order valence-electron chi connectivity index (χ3n) is 3.86. The third-order valence-corrected chi connectivity index (χ3v) is 3.86. The van der Waals surface area contributed by atoms with Gasteiger partial charge in [0.2, 0.25) is 0 Å². The number of nitrogens with two attached hydrogens (primary N) is 1. The molecule has 3 nitrogen and oxygen atoms in total. The molecule has 0 aliphatic carbocycles. The summed E-state index contributed by atoms with van der Waals surface area (Å²) in [6.07, 6.45) is 3.70. The fraction of sp³-hybridized carbons (Fsp3) is 0.556. The van der Waals surface area contributed by atoms with Crippen LogP contribution in [0.3, 0.4) is 0 Å². The van der Waals surface area contributed by atoms with E-state index in [1.54, 1.807) is 0 Å². The molecule has 0 aromatic heterocycles. The number of morpholine rings is 1. The van der Waals surface area contributed by atoms with E-state index in [2.05, 4.69) is 55.2 Å². The first-order valence-corrected chi connectivity index (χ1v) is 7.97. The molecule has 5 heteroatoms. The second-order valence-corrected chi connectivity index (χ2v) is 6.19. The normalized spacial score (nSPS) is 19.1. The van der Waals surface area contributed by atoms with Gasteiger partial charge in [0.05, 0.1) is 12.7 Å². The van der Waals surface area contributed by atoms with E-state index >= 15 is 0 Å². The Labute approximate surface area is 153 Å². The van der Waals surface area contributed by atoms with Crippen LogP contribution in [0.1, 0.15) is 25.8 Å². The van der Waals surface area contributed by atoms with Crippen LogP contribution in [0.5, 0.6) is 0 Å². The van der Waals surface area contributed by atoms with Crippen molar-refractivity contribution in [2.75, 3.05) is 32.8 Å². The van der Waals surface area contributed by atoms with Gasteiger partial charge in [0, 0.05) is 26.2 Å². The van der Waals surface area contributed by atoms with Gasteiger partial charge in [-0.25, -0.2) is 0 Å². The third kappa shape index (κ3) is 7.69. The van der Waals surface area contributed by atoms with E-state index in [0.29, 0.717) is 12.5 Å². The molecule has 0 amide bonds. The molecule has 1 aromatic carbocycles. The first-order valence-electron chi connectivity index (χ1n) is 7.97. The molecule has 2 N–H and O–H groups in total. The summed E-state index contributed by atoms with van der Waals surface area (Å²) in [5.41, 5.74) is 8.49. The molecule has 0 radical (unpaired) electrons. The summed E-state index contributed by atoms with van der Waals surface area (Å²) in [6.45, 7) is 8.82. The lowest BCUT2D eigenvalue weighted by molar-refractivity contribution is -0.0183. The van der Waals surface area contributed by atoms with Crippen LogP contribution in [0, 0.1) is 5.92 Å². The summed E-state index contributed by atoms with van der Waals surface area (Å²) in [4.78, 5) is 2.46. The predicted octanol–water partition coefficient (Wildman–Crippen LogP) is 3.62. The molecule has 0 bridgehead atoms. The largest absolute Gasteiger partial charge is 0.374 e. The molecule has 1 aromatic rings. The summed E-state index contributed by atoms with van der Waals surface area (Å²) in [7, 11) is 0. The Morgan fingerprint density at radius 2 is 2.00 bits per heavy atom. The van der Waals surface area contributed by atoms with Crippen LogP contribution in [0.2, 0.25) is 0 Å². The highest BCUT2D eigenvalue weighted by atomic mass is 35.5. The standard InChI is InChI=1S/C18H28N2O.2ClH/c1-15(2)8-9-17(16-6-4-3-5-7-16)13-20-10-11-21-18(12-19)14-20;;/h3-7,9,15,18H,8,10-14,19H2,1-2H3;2*1H/b17-9+;;. The predicted molar refractivity (Wildman–Crippen MR) is 104 cm³/mol. The Bertz CT molecular complexity index is 452. The molecule has 1 aliphatic rings. The molecule has 2 rings (SSSR count). The number of hydrogen-bond acceptors (Lipinski definition) is 3. The molecule has 1 atom stereocenters. The summed E-state index contributed by atoms with van der Waals surface area (Å²) in [5, 5.41) is 0. The van der Waals surface area contributed by atoms with Crippen molar-refractivity contribution in [1.29, 1.82) is 0 Å². The highest BCUT2D eigenvalue weighted by molar-refractivity contribution is 5.85. The van der Waals surface area contributed by atoms with E-state index in [1.807, 2.05) is 0 Å². The molecule has 1 fully saturated rings. The lowest BCUT2D eigenvalue weighted by Gasteiger charge is -2.33. The maximum atomic E-state index is 5.74. The molecular weight excluding hydrogens is 331 g/mol. The van der Waals surface area contributed by atoms with E-state index < -0.39 is 0 Å². The Balaban J connectivity index is 0.00000242. The lowest BCUT2D eigenvalue weighted by atomic mass is 10.0. The maximum Gasteiger partial charge on any atom is 0.0824 e. The molecule has 0 spiro atoms. The minimum absolute atomic E-state index is 0. The van der Waals surface area contributed by atoms with E-state index in [0.717, 1.165) is 32.7 Å². The number of rotatable bonds is 6. The molecule has 1 aliphatic heterocycles. The smallest absolute Gasteiger partial charge is 0.0824 e. The zero-order chi connectivity index (χ0) is 15.1.